The molecule has 3 heterocycles. The lowest BCUT2D eigenvalue weighted by molar-refractivity contribution is 0.0645. The summed E-state index contributed by atoms with van der Waals surface area (Å²) in [7, 11) is 0. The maximum absolute atomic E-state index is 11.9. The first-order valence-corrected chi connectivity index (χ1v) is 5.61. The second kappa shape index (κ2) is 4.01. The van der Waals surface area contributed by atoms with Crippen molar-refractivity contribution in [3.8, 4) is 11.4 Å². The summed E-state index contributed by atoms with van der Waals surface area (Å²) in [5.41, 5.74) is 2.01. The molecule has 0 bridgehead atoms. The van der Waals surface area contributed by atoms with Crippen LogP contribution < -0.4 is 0 Å². The van der Waals surface area contributed by atoms with E-state index >= 15 is 0 Å². The molecule has 1 aliphatic heterocycles. The van der Waals surface area contributed by atoms with Gasteiger partial charge in [-0.05, 0) is 24.6 Å². The SMILES string of the molecule is O=C(c1cc(-c2ccccn2)n[nH]1)N1CCC1. The monoisotopic (exact) mass is 228 g/mol. The van der Waals surface area contributed by atoms with Crippen LogP contribution in [0.25, 0.3) is 11.4 Å². The topological polar surface area (TPSA) is 61.9 Å². The molecule has 1 aliphatic rings. The Morgan fingerprint density at radius 2 is 2.18 bits per heavy atom. The second-order valence-electron chi connectivity index (χ2n) is 4.03. The number of hydrogen-bond acceptors (Lipinski definition) is 3. The number of likely N-dealkylation sites (tertiary alicyclic amines) is 1. The zero-order valence-corrected chi connectivity index (χ0v) is 9.26. The first-order valence-electron chi connectivity index (χ1n) is 5.61. The van der Waals surface area contributed by atoms with E-state index in [1.165, 1.54) is 0 Å². The van der Waals surface area contributed by atoms with Crippen LogP contribution in [0.2, 0.25) is 0 Å². The summed E-state index contributed by atoms with van der Waals surface area (Å²) >= 11 is 0. The molecule has 86 valence electrons. The fourth-order valence-corrected chi connectivity index (χ4v) is 1.77. The van der Waals surface area contributed by atoms with Crippen LogP contribution >= 0.6 is 0 Å². The molecule has 1 amide bonds. The highest BCUT2D eigenvalue weighted by atomic mass is 16.2. The largest absolute Gasteiger partial charge is 0.337 e. The summed E-state index contributed by atoms with van der Waals surface area (Å²) in [5.74, 6) is 0.0194. The van der Waals surface area contributed by atoms with Crippen molar-refractivity contribution < 1.29 is 4.79 Å². The Hall–Kier alpha value is -2.17. The van der Waals surface area contributed by atoms with Crippen LogP contribution in [-0.4, -0.2) is 39.1 Å². The van der Waals surface area contributed by atoms with Crippen molar-refractivity contribution in [2.75, 3.05) is 13.1 Å². The van der Waals surface area contributed by atoms with E-state index in [0.717, 1.165) is 25.2 Å². The number of amides is 1. The molecule has 0 atom stereocenters. The van der Waals surface area contributed by atoms with Crippen molar-refractivity contribution in [1.29, 1.82) is 0 Å². The van der Waals surface area contributed by atoms with E-state index in [4.69, 9.17) is 0 Å². The van der Waals surface area contributed by atoms with Crippen LogP contribution in [0.4, 0.5) is 0 Å². The number of hydrogen-bond donors (Lipinski definition) is 1. The standard InChI is InChI=1S/C12H12N4O/c17-12(16-6-3-7-16)11-8-10(14-15-11)9-4-1-2-5-13-9/h1-2,4-5,8H,3,6-7H2,(H,14,15). The first-order chi connectivity index (χ1) is 8.34. The molecule has 0 spiro atoms. The maximum atomic E-state index is 11.9. The fraction of sp³-hybridized carbons (Fsp3) is 0.250. The van der Waals surface area contributed by atoms with Crippen LogP contribution in [0.1, 0.15) is 16.9 Å². The summed E-state index contributed by atoms with van der Waals surface area (Å²) in [4.78, 5) is 17.9. The number of pyridine rings is 1. The molecule has 0 saturated carbocycles. The van der Waals surface area contributed by atoms with Crippen LogP contribution in [0.3, 0.4) is 0 Å². The van der Waals surface area contributed by atoms with E-state index in [1.807, 2.05) is 18.2 Å². The third-order valence-corrected chi connectivity index (χ3v) is 2.88. The van der Waals surface area contributed by atoms with Crippen molar-refractivity contribution in [3.05, 3.63) is 36.2 Å². The highest BCUT2D eigenvalue weighted by molar-refractivity contribution is 5.93. The van der Waals surface area contributed by atoms with Gasteiger partial charge >= 0.3 is 0 Å². The molecule has 3 rings (SSSR count). The molecule has 17 heavy (non-hydrogen) atoms. The minimum atomic E-state index is 0.0194. The molecule has 1 N–H and O–H groups in total. The van der Waals surface area contributed by atoms with E-state index in [1.54, 1.807) is 17.2 Å². The van der Waals surface area contributed by atoms with Gasteiger partial charge in [0.15, 0.2) is 0 Å². The normalized spacial score (nSPS) is 14.5. The van der Waals surface area contributed by atoms with Crippen LogP contribution in [0.5, 0.6) is 0 Å². The number of H-pyrrole nitrogens is 1. The van der Waals surface area contributed by atoms with Crippen molar-refractivity contribution in [2.45, 2.75) is 6.42 Å². The Morgan fingerprint density at radius 1 is 1.29 bits per heavy atom. The number of rotatable bonds is 2. The lowest BCUT2D eigenvalue weighted by Crippen LogP contribution is -2.42. The third kappa shape index (κ3) is 1.80. The minimum absolute atomic E-state index is 0.0194. The van der Waals surface area contributed by atoms with Crippen molar-refractivity contribution in [2.24, 2.45) is 0 Å². The second-order valence-corrected chi connectivity index (χ2v) is 4.03. The number of aromatic nitrogens is 3. The summed E-state index contributed by atoms with van der Waals surface area (Å²) in [5, 5.41) is 6.89. The minimum Gasteiger partial charge on any atom is -0.337 e. The summed E-state index contributed by atoms with van der Waals surface area (Å²) in [6.45, 7) is 1.69. The summed E-state index contributed by atoms with van der Waals surface area (Å²) < 4.78 is 0. The molecule has 0 aliphatic carbocycles. The predicted molar refractivity (Wildman–Crippen MR) is 62.3 cm³/mol. The molecule has 5 nitrogen and oxygen atoms in total. The van der Waals surface area contributed by atoms with Gasteiger partial charge in [-0.25, -0.2) is 0 Å². The highest BCUT2D eigenvalue weighted by Crippen LogP contribution is 2.17. The van der Waals surface area contributed by atoms with Crippen LogP contribution in [0, 0.1) is 0 Å². The van der Waals surface area contributed by atoms with E-state index in [0.29, 0.717) is 11.4 Å². The van der Waals surface area contributed by atoms with Crippen molar-refractivity contribution in [3.63, 3.8) is 0 Å². The van der Waals surface area contributed by atoms with Gasteiger partial charge in [0, 0.05) is 19.3 Å². The molecule has 0 radical (unpaired) electrons. The number of carbonyl (C=O) groups is 1. The molecule has 0 aromatic carbocycles. The number of aromatic amines is 1. The zero-order chi connectivity index (χ0) is 11.7. The Labute approximate surface area is 98.5 Å². The first kappa shape index (κ1) is 10.0. The summed E-state index contributed by atoms with van der Waals surface area (Å²) in [6, 6.07) is 7.37. The quantitative estimate of drug-likeness (QED) is 0.843. The van der Waals surface area contributed by atoms with Gasteiger partial charge in [0.2, 0.25) is 0 Å². The van der Waals surface area contributed by atoms with E-state index in [9.17, 15) is 4.79 Å². The molecule has 5 heteroatoms. The van der Waals surface area contributed by atoms with E-state index < -0.39 is 0 Å². The smallest absolute Gasteiger partial charge is 0.271 e. The third-order valence-electron chi connectivity index (χ3n) is 2.88. The Balaban J connectivity index is 1.85. The van der Waals surface area contributed by atoms with Gasteiger partial charge in [0.1, 0.15) is 11.4 Å². The number of carbonyl (C=O) groups excluding carboxylic acids is 1. The molecule has 2 aromatic rings. The fourth-order valence-electron chi connectivity index (χ4n) is 1.77. The average Bonchev–Trinajstić information content (AvgIpc) is 2.77. The maximum Gasteiger partial charge on any atom is 0.271 e. The predicted octanol–water partition coefficient (Wildman–Crippen LogP) is 1.32. The Bertz CT molecular complexity index is 530. The van der Waals surface area contributed by atoms with Gasteiger partial charge in [-0.15, -0.1) is 0 Å². The zero-order valence-electron chi connectivity index (χ0n) is 9.26. The molecule has 0 unspecified atom stereocenters. The van der Waals surface area contributed by atoms with Gasteiger partial charge < -0.3 is 4.90 Å². The molecule has 2 aromatic heterocycles. The number of nitrogens with zero attached hydrogens (tertiary/aromatic N) is 3. The lowest BCUT2D eigenvalue weighted by atomic mass is 10.2. The van der Waals surface area contributed by atoms with Crippen LogP contribution in [-0.2, 0) is 0 Å². The van der Waals surface area contributed by atoms with Gasteiger partial charge in [-0.3, -0.25) is 14.9 Å². The number of nitrogens with one attached hydrogen (secondary N) is 1. The molecular formula is C12H12N4O. The van der Waals surface area contributed by atoms with Crippen molar-refractivity contribution in [1.82, 2.24) is 20.1 Å². The van der Waals surface area contributed by atoms with Crippen LogP contribution in [0.15, 0.2) is 30.5 Å². The van der Waals surface area contributed by atoms with Gasteiger partial charge in [0.05, 0.1) is 5.69 Å². The van der Waals surface area contributed by atoms with Gasteiger partial charge in [0.25, 0.3) is 5.91 Å². The molecule has 1 saturated heterocycles. The highest BCUT2D eigenvalue weighted by Gasteiger charge is 2.23. The summed E-state index contributed by atoms with van der Waals surface area (Å²) in [6.07, 6.45) is 2.80. The van der Waals surface area contributed by atoms with E-state index in [-0.39, 0.29) is 5.91 Å². The Kier molecular flexibility index (Phi) is 2.36. The Morgan fingerprint density at radius 3 is 2.82 bits per heavy atom. The average molecular weight is 228 g/mol. The van der Waals surface area contributed by atoms with Gasteiger partial charge in [-0.1, -0.05) is 6.07 Å². The molecule has 1 fully saturated rings. The van der Waals surface area contributed by atoms with Crippen molar-refractivity contribution >= 4 is 5.91 Å². The lowest BCUT2D eigenvalue weighted by Gasteiger charge is -2.30. The molecular weight excluding hydrogens is 216 g/mol. The van der Waals surface area contributed by atoms with Gasteiger partial charge in [-0.2, -0.15) is 5.10 Å². The van der Waals surface area contributed by atoms with E-state index in [2.05, 4.69) is 15.2 Å².